The minimum absolute atomic E-state index is 0.0903. The monoisotopic (exact) mass is 723 g/mol. The maximum atomic E-state index is 14.4. The number of furan rings is 1. The molecule has 0 aliphatic carbocycles. The van der Waals surface area contributed by atoms with Gasteiger partial charge in [-0.25, -0.2) is 12.7 Å². The number of rotatable bonds is 11. The Morgan fingerprint density at radius 2 is 1.58 bits per heavy atom. The van der Waals surface area contributed by atoms with Crippen molar-refractivity contribution in [2.45, 2.75) is 57.3 Å². The summed E-state index contributed by atoms with van der Waals surface area (Å²) in [7, 11) is -0.953. The van der Waals surface area contributed by atoms with Gasteiger partial charge in [0.2, 0.25) is 21.7 Å². The summed E-state index contributed by atoms with van der Waals surface area (Å²) in [5.41, 5.74) is 2.86. The van der Waals surface area contributed by atoms with Crippen molar-refractivity contribution in [1.82, 2.24) is 13.3 Å². The molecule has 1 aromatic heterocycles. The van der Waals surface area contributed by atoms with E-state index in [9.17, 15) is 26.4 Å². The first kappa shape index (κ1) is 37.0. The number of fused-ring (bicyclic) bond motifs is 1. The first-order valence-electron chi connectivity index (χ1n) is 15.9. The van der Waals surface area contributed by atoms with E-state index in [0.29, 0.717) is 16.5 Å². The number of aryl methyl sites for hydroxylation is 1. The summed E-state index contributed by atoms with van der Waals surface area (Å²) in [4.78, 5) is 13.4. The standard InChI is InChI=1S/C38H40F3N3O4S2/c1-7-49(43(5)6)42-36(45)37(3,4)31-13-10-12-30(23-31)28-19-16-27(17-20-28)24-44(25-32-21-22-34(48-32)38(39,40)41)50(46,47)35-26(2)15-18-29-11-8-9-14-33(29)35/h7-23H,24-25H2,1-6H3,(H,42,45). The fourth-order valence-electron chi connectivity index (χ4n) is 5.65. The Kier molecular flexibility index (Phi) is 10.8. The number of hydrogen-bond acceptors (Lipinski definition) is 5. The highest BCUT2D eigenvalue weighted by Gasteiger charge is 2.36. The third kappa shape index (κ3) is 7.88. The van der Waals surface area contributed by atoms with Crippen LogP contribution >= 0.6 is 10.9 Å². The molecule has 1 amide bonds. The average Bonchev–Trinajstić information content (AvgIpc) is 3.56. The molecule has 7 nitrogen and oxygen atoms in total. The highest BCUT2D eigenvalue weighted by Crippen LogP contribution is 2.35. The van der Waals surface area contributed by atoms with Gasteiger partial charge in [0.05, 0.1) is 16.9 Å². The quantitative estimate of drug-likeness (QED) is 0.138. The fraction of sp³-hybridized carbons (Fsp3) is 0.263. The zero-order chi connectivity index (χ0) is 36.4. The molecule has 0 saturated carbocycles. The van der Waals surface area contributed by atoms with Crippen LogP contribution in [-0.4, -0.2) is 42.4 Å². The van der Waals surface area contributed by atoms with Gasteiger partial charge in [0.1, 0.15) is 5.76 Å². The van der Waals surface area contributed by atoms with Gasteiger partial charge in [0, 0.05) is 11.9 Å². The van der Waals surface area contributed by atoms with E-state index in [4.69, 9.17) is 4.42 Å². The highest BCUT2D eigenvalue weighted by atomic mass is 32.2. The molecule has 5 aromatic rings. The number of sulfonamides is 1. The van der Waals surface area contributed by atoms with Crippen molar-refractivity contribution in [1.29, 1.82) is 0 Å². The molecular weight excluding hydrogens is 684 g/mol. The summed E-state index contributed by atoms with van der Waals surface area (Å²) in [5.74, 6) is -1.44. The van der Waals surface area contributed by atoms with Crippen molar-refractivity contribution >= 4 is 42.9 Å². The van der Waals surface area contributed by atoms with E-state index >= 15 is 0 Å². The lowest BCUT2D eigenvalue weighted by atomic mass is 9.82. The van der Waals surface area contributed by atoms with Crippen LogP contribution in [0, 0.1) is 6.92 Å². The fourth-order valence-corrected chi connectivity index (χ4v) is 8.63. The van der Waals surface area contributed by atoms with E-state index in [2.05, 4.69) is 4.72 Å². The molecule has 5 rings (SSSR count). The predicted molar refractivity (Wildman–Crippen MR) is 195 cm³/mol. The van der Waals surface area contributed by atoms with Crippen molar-refractivity contribution in [2.75, 3.05) is 14.1 Å². The molecular formula is C38H40F3N3O4S2. The molecule has 50 heavy (non-hydrogen) atoms. The van der Waals surface area contributed by atoms with Crippen LogP contribution in [0.2, 0.25) is 0 Å². The van der Waals surface area contributed by atoms with Gasteiger partial charge in [0.25, 0.3) is 0 Å². The normalized spacial score (nSPS) is 13.3. The van der Waals surface area contributed by atoms with Crippen molar-refractivity contribution in [2.24, 2.45) is 0 Å². The Bertz CT molecular complexity index is 2160. The van der Waals surface area contributed by atoms with Crippen LogP contribution in [0.1, 0.15) is 49.0 Å². The van der Waals surface area contributed by atoms with Gasteiger partial charge in [-0.1, -0.05) is 84.9 Å². The van der Waals surface area contributed by atoms with Gasteiger partial charge in [-0.3, -0.25) is 9.52 Å². The third-order valence-electron chi connectivity index (χ3n) is 8.56. The van der Waals surface area contributed by atoms with Crippen LogP contribution in [0.4, 0.5) is 13.2 Å². The van der Waals surface area contributed by atoms with Gasteiger partial charge in [-0.05, 0) is 103 Å². The predicted octanol–water partition coefficient (Wildman–Crippen LogP) is 8.69. The Labute approximate surface area is 294 Å². The molecule has 1 N–H and O–H groups in total. The second-order valence-electron chi connectivity index (χ2n) is 12.7. The minimum Gasteiger partial charge on any atom is -0.455 e. The molecule has 0 radical (unpaired) electrons. The number of carbonyl (C=O) groups is 1. The lowest BCUT2D eigenvalue weighted by Gasteiger charge is -2.27. The molecule has 12 heteroatoms. The molecule has 0 fully saturated rings. The molecule has 1 atom stereocenters. The minimum atomic E-state index is -4.70. The maximum Gasteiger partial charge on any atom is 0.449 e. The number of amides is 1. The van der Waals surface area contributed by atoms with Crippen molar-refractivity contribution < 1.29 is 30.8 Å². The Hall–Kier alpha value is -4.23. The molecule has 0 aliphatic heterocycles. The summed E-state index contributed by atoms with van der Waals surface area (Å²) in [6.45, 7) is 6.82. The van der Waals surface area contributed by atoms with Crippen LogP contribution in [0.5, 0.6) is 0 Å². The van der Waals surface area contributed by atoms with Gasteiger partial charge < -0.3 is 4.42 Å². The number of hydrogen-bond donors (Lipinski definition) is 1. The molecule has 1 heterocycles. The zero-order valence-corrected chi connectivity index (χ0v) is 30.3. The van der Waals surface area contributed by atoms with Crippen LogP contribution in [0.25, 0.3) is 21.9 Å². The van der Waals surface area contributed by atoms with E-state index in [1.54, 1.807) is 37.3 Å². The lowest BCUT2D eigenvalue weighted by molar-refractivity contribution is -0.153. The Morgan fingerprint density at radius 3 is 2.22 bits per heavy atom. The van der Waals surface area contributed by atoms with E-state index in [1.807, 2.05) is 99.1 Å². The van der Waals surface area contributed by atoms with Crippen molar-refractivity contribution in [3.63, 3.8) is 0 Å². The summed E-state index contributed by atoms with van der Waals surface area (Å²) < 4.78 is 80.2. The number of nitrogens with one attached hydrogen (secondary N) is 1. The summed E-state index contributed by atoms with van der Waals surface area (Å²) >= 11 is 0. The van der Waals surface area contributed by atoms with Crippen LogP contribution in [0.3, 0.4) is 0 Å². The van der Waals surface area contributed by atoms with Crippen LogP contribution < -0.4 is 4.72 Å². The molecule has 264 valence electrons. The summed E-state index contributed by atoms with van der Waals surface area (Å²) in [6.07, 6.45) is -4.70. The van der Waals surface area contributed by atoms with E-state index in [0.717, 1.165) is 38.5 Å². The molecule has 0 aliphatic rings. The lowest BCUT2D eigenvalue weighted by Crippen LogP contribution is -2.39. The zero-order valence-electron chi connectivity index (χ0n) is 28.7. The number of carbonyl (C=O) groups excluding carboxylic acids is 1. The number of halogens is 3. The smallest absolute Gasteiger partial charge is 0.449 e. The van der Waals surface area contributed by atoms with E-state index < -0.39 is 44.8 Å². The SMILES string of the molecule is C/C=S(\NC(=O)C(C)(C)c1cccc(-c2ccc(CN(Cc3ccc(C(F)(F)F)o3)S(=O)(=O)c3c(C)ccc4ccccc34)cc2)c1)N(C)C. The molecule has 0 bridgehead atoms. The number of alkyl halides is 3. The average molecular weight is 724 g/mol. The summed E-state index contributed by atoms with van der Waals surface area (Å²) in [5, 5.41) is 3.18. The largest absolute Gasteiger partial charge is 0.455 e. The van der Waals surface area contributed by atoms with Gasteiger partial charge in [-0.15, -0.1) is 0 Å². The third-order valence-corrected chi connectivity index (χ3v) is 12.2. The van der Waals surface area contributed by atoms with Gasteiger partial charge >= 0.3 is 6.18 Å². The topological polar surface area (TPSA) is 82.9 Å². The van der Waals surface area contributed by atoms with Crippen molar-refractivity contribution in [3.8, 4) is 11.1 Å². The Balaban J connectivity index is 1.47. The first-order valence-corrected chi connectivity index (χ1v) is 18.6. The molecule has 0 spiro atoms. The number of nitrogens with zero attached hydrogens (tertiary/aromatic N) is 2. The van der Waals surface area contributed by atoms with Gasteiger partial charge in [-0.2, -0.15) is 17.5 Å². The summed E-state index contributed by atoms with van der Waals surface area (Å²) in [6, 6.07) is 27.6. The number of benzene rings is 4. The highest BCUT2D eigenvalue weighted by molar-refractivity contribution is 8.11. The second kappa shape index (κ2) is 14.6. The van der Waals surface area contributed by atoms with Crippen LogP contribution in [0.15, 0.2) is 106 Å². The first-order chi connectivity index (χ1) is 23.5. The van der Waals surface area contributed by atoms with Gasteiger partial charge in [0.15, 0.2) is 0 Å². The maximum absolute atomic E-state index is 14.4. The van der Waals surface area contributed by atoms with Crippen molar-refractivity contribution in [3.05, 3.63) is 125 Å². The van der Waals surface area contributed by atoms with Crippen LogP contribution in [-0.2, 0) is 39.5 Å². The van der Waals surface area contributed by atoms with E-state index in [-0.39, 0.29) is 23.1 Å². The molecule has 4 aromatic carbocycles. The molecule has 1 unspecified atom stereocenters. The molecule has 0 saturated heterocycles. The Morgan fingerprint density at radius 1 is 0.880 bits per heavy atom. The second-order valence-corrected chi connectivity index (χ2v) is 16.6. The van der Waals surface area contributed by atoms with E-state index in [1.165, 1.54) is 0 Å².